The Kier molecular flexibility index (Phi) is 7.62. The number of fused-ring (bicyclic) bond motifs is 9. The lowest BCUT2D eigenvalue weighted by molar-refractivity contribution is 1.19. The van der Waals surface area contributed by atoms with E-state index in [4.69, 9.17) is 0 Å². The van der Waals surface area contributed by atoms with Crippen LogP contribution >= 0.6 is 22.7 Å². The van der Waals surface area contributed by atoms with Gasteiger partial charge in [0.2, 0.25) is 0 Å². The first-order chi connectivity index (χ1) is 28.8. The topological polar surface area (TPSA) is 8.17 Å². The molecule has 3 aromatic heterocycles. The normalized spacial score (nSPS) is 11.8. The molecule has 0 aliphatic heterocycles. The monoisotopic (exact) mass is 774 g/mol. The fourth-order valence-corrected chi connectivity index (χ4v) is 11.3. The van der Waals surface area contributed by atoms with E-state index in [9.17, 15) is 0 Å². The Morgan fingerprint density at radius 1 is 0.345 bits per heavy atom. The second-order valence-electron chi connectivity index (χ2n) is 14.9. The van der Waals surface area contributed by atoms with Crippen molar-refractivity contribution in [2.75, 3.05) is 4.90 Å². The van der Waals surface area contributed by atoms with E-state index in [1.165, 1.54) is 90.1 Å². The predicted molar refractivity (Wildman–Crippen MR) is 252 cm³/mol. The molecule has 0 N–H and O–H groups in total. The second kappa shape index (κ2) is 13.3. The summed E-state index contributed by atoms with van der Waals surface area (Å²) in [5.41, 5.74) is 11.9. The van der Waals surface area contributed by atoms with Crippen LogP contribution in [0.15, 0.2) is 206 Å². The molecule has 0 aliphatic rings. The van der Waals surface area contributed by atoms with Crippen molar-refractivity contribution in [3.63, 3.8) is 0 Å². The maximum absolute atomic E-state index is 2.48. The molecule has 0 atom stereocenters. The summed E-state index contributed by atoms with van der Waals surface area (Å²) >= 11 is 3.75. The van der Waals surface area contributed by atoms with Crippen LogP contribution < -0.4 is 4.90 Å². The third-order valence-corrected chi connectivity index (χ3v) is 14.0. The number of nitrogens with zero attached hydrogens (tertiary/aromatic N) is 2. The van der Waals surface area contributed by atoms with Crippen LogP contribution in [0, 0.1) is 0 Å². The van der Waals surface area contributed by atoms with Gasteiger partial charge in [-0.1, -0.05) is 140 Å². The van der Waals surface area contributed by atoms with Gasteiger partial charge >= 0.3 is 0 Å². The summed E-state index contributed by atoms with van der Waals surface area (Å²) in [6.45, 7) is 0. The van der Waals surface area contributed by atoms with Gasteiger partial charge in [-0.05, 0) is 83.4 Å². The molecule has 0 spiro atoms. The minimum absolute atomic E-state index is 1.12. The molecule has 0 saturated heterocycles. The number of anilines is 3. The molecule has 272 valence electrons. The quantitative estimate of drug-likeness (QED) is 0.163. The SMILES string of the molecule is c1ccc(-c2ccc3c4ccccc4n(-c4cc(-c5ccc(N(c6ccccc6)c6cccc7c6sc6ccccc67)cc5)c5sc6ccccc6c5c4)c3c2)cc1. The number of thiophene rings is 2. The number of para-hydroxylation sites is 2. The highest BCUT2D eigenvalue weighted by molar-refractivity contribution is 7.26. The maximum atomic E-state index is 2.48. The van der Waals surface area contributed by atoms with Crippen LogP contribution in [0.3, 0.4) is 0 Å². The Morgan fingerprint density at radius 2 is 0.931 bits per heavy atom. The van der Waals surface area contributed by atoms with E-state index in [-0.39, 0.29) is 0 Å². The molecular weight excluding hydrogens is 741 g/mol. The maximum Gasteiger partial charge on any atom is 0.0640 e. The molecule has 4 heteroatoms. The van der Waals surface area contributed by atoms with Crippen LogP contribution in [-0.4, -0.2) is 4.57 Å². The smallest absolute Gasteiger partial charge is 0.0640 e. The molecule has 0 aliphatic carbocycles. The third-order valence-electron chi connectivity index (χ3n) is 11.6. The van der Waals surface area contributed by atoms with Crippen molar-refractivity contribution in [2.45, 2.75) is 0 Å². The van der Waals surface area contributed by atoms with Crippen molar-refractivity contribution in [1.29, 1.82) is 0 Å². The zero-order valence-electron chi connectivity index (χ0n) is 31.3. The molecule has 2 nitrogen and oxygen atoms in total. The summed E-state index contributed by atoms with van der Waals surface area (Å²) in [6.07, 6.45) is 0. The van der Waals surface area contributed by atoms with E-state index in [1.54, 1.807) is 0 Å². The highest BCUT2D eigenvalue weighted by Crippen LogP contribution is 2.47. The fourth-order valence-electron chi connectivity index (χ4n) is 8.92. The first kappa shape index (κ1) is 33.2. The first-order valence-electron chi connectivity index (χ1n) is 19.7. The van der Waals surface area contributed by atoms with Crippen LogP contribution in [0.2, 0.25) is 0 Å². The van der Waals surface area contributed by atoms with E-state index in [2.05, 4.69) is 216 Å². The lowest BCUT2D eigenvalue weighted by atomic mass is 10.0. The van der Waals surface area contributed by atoms with Crippen molar-refractivity contribution in [3.05, 3.63) is 206 Å². The van der Waals surface area contributed by atoms with Gasteiger partial charge in [-0.25, -0.2) is 0 Å². The Labute approximate surface area is 343 Å². The largest absolute Gasteiger partial charge is 0.309 e. The average molecular weight is 775 g/mol. The Bertz CT molecular complexity index is 3500. The van der Waals surface area contributed by atoms with Crippen LogP contribution in [0.5, 0.6) is 0 Å². The minimum atomic E-state index is 1.12. The van der Waals surface area contributed by atoms with E-state index < -0.39 is 0 Å². The first-order valence-corrected chi connectivity index (χ1v) is 21.3. The van der Waals surface area contributed by atoms with Crippen LogP contribution in [0.4, 0.5) is 17.1 Å². The number of benzene rings is 9. The van der Waals surface area contributed by atoms with Gasteiger partial charge in [-0.15, -0.1) is 22.7 Å². The molecule has 12 rings (SSSR count). The number of aromatic nitrogens is 1. The van der Waals surface area contributed by atoms with Gasteiger partial charge in [-0.2, -0.15) is 0 Å². The molecule has 0 fully saturated rings. The average Bonchev–Trinajstić information content (AvgIpc) is 3.97. The lowest BCUT2D eigenvalue weighted by Gasteiger charge is -2.26. The summed E-state index contributed by atoms with van der Waals surface area (Å²) in [5.74, 6) is 0. The molecule has 0 unspecified atom stereocenters. The third kappa shape index (κ3) is 5.23. The Morgan fingerprint density at radius 3 is 1.71 bits per heavy atom. The highest BCUT2D eigenvalue weighted by Gasteiger charge is 2.21. The van der Waals surface area contributed by atoms with Crippen LogP contribution in [-0.2, 0) is 0 Å². The molecular formula is C54H34N2S2. The van der Waals surface area contributed by atoms with E-state index >= 15 is 0 Å². The van der Waals surface area contributed by atoms with E-state index in [1.807, 2.05) is 22.7 Å². The van der Waals surface area contributed by atoms with Gasteiger partial charge in [0.25, 0.3) is 0 Å². The van der Waals surface area contributed by atoms with Crippen molar-refractivity contribution >= 4 is 102 Å². The molecule has 3 heterocycles. The van der Waals surface area contributed by atoms with Crippen LogP contribution in [0.1, 0.15) is 0 Å². The highest BCUT2D eigenvalue weighted by atomic mass is 32.1. The summed E-state index contributed by atoms with van der Waals surface area (Å²) in [7, 11) is 0. The van der Waals surface area contributed by atoms with Crippen molar-refractivity contribution in [1.82, 2.24) is 4.57 Å². The fraction of sp³-hybridized carbons (Fsp3) is 0. The van der Waals surface area contributed by atoms with Crippen molar-refractivity contribution in [3.8, 4) is 27.9 Å². The standard InChI is InChI=1S/C54H34N2S2/c1-3-14-35(15-4-1)37-28-31-42-41-18-7-10-22-48(41)56(50(42)32-37)40-33-46(53-47(34-40)44-20-9-12-25-52(44)57-53)36-26-29-39(30-27-36)55(38-16-5-2-6-17-38)49-23-13-21-45-43-19-8-11-24-51(43)58-54(45)49/h1-34H. The molecule has 0 saturated carbocycles. The molecule has 12 aromatic rings. The van der Waals surface area contributed by atoms with Gasteiger partial charge in [-0.3, -0.25) is 0 Å². The summed E-state index contributed by atoms with van der Waals surface area (Å²) in [6, 6.07) is 75.6. The summed E-state index contributed by atoms with van der Waals surface area (Å²) in [5, 5.41) is 7.68. The molecule has 0 radical (unpaired) electrons. The van der Waals surface area contributed by atoms with Gasteiger partial charge in [0.15, 0.2) is 0 Å². The number of hydrogen-bond acceptors (Lipinski definition) is 3. The molecule has 0 amide bonds. The molecule has 9 aromatic carbocycles. The summed E-state index contributed by atoms with van der Waals surface area (Å²) in [4.78, 5) is 2.41. The van der Waals surface area contributed by atoms with Gasteiger partial charge in [0.05, 0.1) is 21.4 Å². The predicted octanol–water partition coefficient (Wildman–Crippen LogP) is 16.3. The Hall–Kier alpha value is -6.98. The lowest BCUT2D eigenvalue weighted by Crippen LogP contribution is -2.09. The zero-order valence-corrected chi connectivity index (χ0v) is 33.0. The zero-order chi connectivity index (χ0) is 38.2. The van der Waals surface area contributed by atoms with Gasteiger partial charge < -0.3 is 9.47 Å². The van der Waals surface area contributed by atoms with E-state index in [0.29, 0.717) is 0 Å². The van der Waals surface area contributed by atoms with Gasteiger partial charge in [0, 0.05) is 69.0 Å². The van der Waals surface area contributed by atoms with Crippen LogP contribution in [0.25, 0.3) is 90.1 Å². The van der Waals surface area contributed by atoms with E-state index in [0.717, 1.165) is 17.1 Å². The minimum Gasteiger partial charge on any atom is -0.309 e. The van der Waals surface area contributed by atoms with Crippen molar-refractivity contribution in [2.24, 2.45) is 0 Å². The molecule has 58 heavy (non-hydrogen) atoms. The van der Waals surface area contributed by atoms with Crippen molar-refractivity contribution < 1.29 is 0 Å². The second-order valence-corrected chi connectivity index (χ2v) is 17.0. The number of rotatable bonds is 6. The van der Waals surface area contributed by atoms with Gasteiger partial charge in [0.1, 0.15) is 0 Å². The Balaban J connectivity index is 1.07. The summed E-state index contributed by atoms with van der Waals surface area (Å²) < 4.78 is 7.67. The number of hydrogen-bond donors (Lipinski definition) is 0. The molecule has 0 bridgehead atoms.